The first-order chi connectivity index (χ1) is 9.74. The van der Waals surface area contributed by atoms with E-state index >= 15 is 0 Å². The van der Waals surface area contributed by atoms with Crippen LogP contribution >= 0.6 is 0 Å². The molecule has 1 aliphatic rings. The average Bonchev–Trinajstić information content (AvgIpc) is 2.97. The van der Waals surface area contributed by atoms with Crippen molar-refractivity contribution in [3.05, 3.63) is 53.9 Å². The van der Waals surface area contributed by atoms with Crippen LogP contribution < -0.4 is 5.32 Å². The maximum absolute atomic E-state index is 11.9. The maximum atomic E-state index is 11.9. The molecule has 20 heavy (non-hydrogen) atoms. The second-order valence-corrected chi connectivity index (χ2v) is 5.51. The third-order valence-corrected chi connectivity index (χ3v) is 3.91. The fourth-order valence-electron chi connectivity index (χ4n) is 2.45. The molecule has 1 aromatic heterocycles. The summed E-state index contributed by atoms with van der Waals surface area (Å²) in [6.45, 7) is 3.45. The summed E-state index contributed by atoms with van der Waals surface area (Å²) in [5.74, 6) is 0.967. The molecule has 0 aliphatic heterocycles. The molecule has 1 fully saturated rings. The Balaban J connectivity index is 1.65. The van der Waals surface area contributed by atoms with Crippen LogP contribution in [-0.4, -0.2) is 15.7 Å². The van der Waals surface area contributed by atoms with Crippen LogP contribution in [0.3, 0.4) is 0 Å². The first-order valence-electron chi connectivity index (χ1n) is 7.06. The van der Waals surface area contributed by atoms with E-state index in [-0.39, 0.29) is 11.8 Å². The first kappa shape index (κ1) is 12.9. The van der Waals surface area contributed by atoms with Crippen LogP contribution in [0.2, 0.25) is 0 Å². The van der Waals surface area contributed by atoms with E-state index in [1.54, 1.807) is 6.20 Å². The minimum absolute atomic E-state index is 0.186. The molecule has 0 saturated heterocycles. The summed E-state index contributed by atoms with van der Waals surface area (Å²) in [6, 6.07) is 10.1. The zero-order valence-electron chi connectivity index (χ0n) is 11.6. The fraction of sp³-hybridized carbons (Fsp3) is 0.375. The zero-order chi connectivity index (χ0) is 13.9. The molecular weight excluding hydrogens is 250 g/mol. The monoisotopic (exact) mass is 269 g/mol. The molecule has 0 bridgehead atoms. The van der Waals surface area contributed by atoms with E-state index in [1.165, 1.54) is 5.56 Å². The van der Waals surface area contributed by atoms with Gasteiger partial charge in [0.15, 0.2) is 0 Å². The van der Waals surface area contributed by atoms with Crippen molar-refractivity contribution in [1.29, 1.82) is 0 Å². The molecule has 4 heteroatoms. The summed E-state index contributed by atoms with van der Waals surface area (Å²) in [6.07, 6.45) is 4.75. The van der Waals surface area contributed by atoms with Crippen LogP contribution in [0.4, 0.5) is 0 Å². The van der Waals surface area contributed by atoms with Gasteiger partial charge in [-0.2, -0.15) is 5.10 Å². The number of benzene rings is 1. The second kappa shape index (κ2) is 5.49. The van der Waals surface area contributed by atoms with Crippen molar-refractivity contribution in [3.63, 3.8) is 0 Å². The maximum Gasteiger partial charge on any atom is 0.223 e. The van der Waals surface area contributed by atoms with Gasteiger partial charge in [0.25, 0.3) is 0 Å². The Morgan fingerprint density at radius 3 is 2.75 bits per heavy atom. The molecule has 0 unspecified atom stereocenters. The van der Waals surface area contributed by atoms with Crippen LogP contribution in [0.5, 0.6) is 0 Å². The van der Waals surface area contributed by atoms with Gasteiger partial charge in [0.05, 0.1) is 6.54 Å². The number of carbonyl (C=O) groups is 1. The topological polar surface area (TPSA) is 46.9 Å². The minimum atomic E-state index is 0.186. The summed E-state index contributed by atoms with van der Waals surface area (Å²) >= 11 is 0. The summed E-state index contributed by atoms with van der Waals surface area (Å²) < 4.78 is 1.89. The van der Waals surface area contributed by atoms with Gasteiger partial charge >= 0.3 is 0 Å². The SMILES string of the molecule is C[C@@H]1C[C@@H]1C(=O)NCc1ccccc1Cn1cccn1. The standard InChI is InChI=1S/C16H19N3O/c1-12-9-15(12)16(20)17-10-13-5-2-3-6-14(13)11-19-8-4-7-18-19/h2-8,12,15H,9-11H2,1H3,(H,17,20)/t12-,15+/m1/s1. The molecule has 0 spiro atoms. The molecule has 1 saturated carbocycles. The van der Waals surface area contributed by atoms with Gasteiger partial charge in [-0.05, 0) is 29.5 Å². The predicted molar refractivity (Wildman–Crippen MR) is 76.9 cm³/mol. The molecule has 1 aromatic carbocycles. The fourth-order valence-corrected chi connectivity index (χ4v) is 2.45. The highest BCUT2D eigenvalue weighted by atomic mass is 16.2. The van der Waals surface area contributed by atoms with Crippen molar-refractivity contribution in [1.82, 2.24) is 15.1 Å². The van der Waals surface area contributed by atoms with E-state index in [1.807, 2.05) is 29.1 Å². The third kappa shape index (κ3) is 2.90. The summed E-state index contributed by atoms with van der Waals surface area (Å²) in [5.41, 5.74) is 2.35. The quantitative estimate of drug-likeness (QED) is 0.904. The molecular formula is C16H19N3O. The Morgan fingerprint density at radius 2 is 2.10 bits per heavy atom. The Labute approximate surface area is 118 Å². The van der Waals surface area contributed by atoms with Crippen molar-refractivity contribution >= 4 is 5.91 Å². The minimum Gasteiger partial charge on any atom is -0.352 e. The van der Waals surface area contributed by atoms with Gasteiger partial charge in [0.1, 0.15) is 0 Å². The molecule has 1 N–H and O–H groups in total. The Kier molecular flexibility index (Phi) is 3.54. The Morgan fingerprint density at radius 1 is 1.35 bits per heavy atom. The molecule has 2 atom stereocenters. The van der Waals surface area contributed by atoms with Crippen molar-refractivity contribution in [2.45, 2.75) is 26.4 Å². The van der Waals surface area contributed by atoms with Gasteiger partial charge in [0.2, 0.25) is 5.91 Å². The lowest BCUT2D eigenvalue weighted by molar-refractivity contribution is -0.122. The van der Waals surface area contributed by atoms with Crippen LogP contribution in [-0.2, 0) is 17.9 Å². The number of rotatable bonds is 5. The lowest BCUT2D eigenvalue weighted by Crippen LogP contribution is -2.25. The average molecular weight is 269 g/mol. The highest BCUT2D eigenvalue weighted by molar-refractivity contribution is 5.81. The Bertz CT molecular complexity index is 592. The van der Waals surface area contributed by atoms with Crippen molar-refractivity contribution in [3.8, 4) is 0 Å². The van der Waals surface area contributed by atoms with Gasteiger partial charge in [-0.3, -0.25) is 9.48 Å². The third-order valence-electron chi connectivity index (χ3n) is 3.91. The van der Waals surface area contributed by atoms with E-state index in [4.69, 9.17) is 0 Å². The highest BCUT2D eigenvalue weighted by Crippen LogP contribution is 2.37. The van der Waals surface area contributed by atoms with Gasteiger partial charge in [-0.25, -0.2) is 0 Å². The molecule has 1 aliphatic carbocycles. The lowest BCUT2D eigenvalue weighted by atomic mass is 10.1. The largest absolute Gasteiger partial charge is 0.352 e. The number of carbonyl (C=O) groups excluding carboxylic acids is 1. The van der Waals surface area contributed by atoms with Crippen molar-refractivity contribution < 1.29 is 4.79 Å². The second-order valence-electron chi connectivity index (χ2n) is 5.51. The number of hydrogen-bond acceptors (Lipinski definition) is 2. The molecule has 0 radical (unpaired) electrons. The summed E-state index contributed by atoms with van der Waals surface area (Å²) in [4.78, 5) is 11.9. The number of amides is 1. The van der Waals surface area contributed by atoms with Gasteiger partial charge in [-0.1, -0.05) is 31.2 Å². The first-order valence-corrected chi connectivity index (χ1v) is 7.06. The molecule has 2 aromatic rings. The van der Waals surface area contributed by atoms with Crippen molar-refractivity contribution in [2.75, 3.05) is 0 Å². The number of nitrogens with zero attached hydrogens (tertiary/aromatic N) is 2. The van der Waals surface area contributed by atoms with E-state index in [9.17, 15) is 4.79 Å². The summed E-state index contributed by atoms with van der Waals surface area (Å²) in [7, 11) is 0. The lowest BCUT2D eigenvalue weighted by Gasteiger charge is -2.11. The molecule has 3 rings (SSSR count). The van der Waals surface area contributed by atoms with Crippen LogP contribution in [0.1, 0.15) is 24.5 Å². The van der Waals surface area contributed by atoms with Crippen LogP contribution in [0.15, 0.2) is 42.7 Å². The van der Waals surface area contributed by atoms with Gasteiger partial charge in [-0.15, -0.1) is 0 Å². The van der Waals surface area contributed by atoms with E-state index in [0.29, 0.717) is 12.5 Å². The highest BCUT2D eigenvalue weighted by Gasteiger charge is 2.38. The molecule has 104 valence electrons. The molecule has 4 nitrogen and oxygen atoms in total. The zero-order valence-corrected chi connectivity index (χ0v) is 11.6. The normalized spacial score (nSPS) is 20.6. The number of aromatic nitrogens is 2. The van der Waals surface area contributed by atoms with E-state index in [0.717, 1.165) is 18.5 Å². The van der Waals surface area contributed by atoms with E-state index in [2.05, 4.69) is 29.5 Å². The van der Waals surface area contributed by atoms with E-state index < -0.39 is 0 Å². The van der Waals surface area contributed by atoms with Crippen LogP contribution in [0, 0.1) is 11.8 Å². The smallest absolute Gasteiger partial charge is 0.223 e. The number of hydrogen-bond donors (Lipinski definition) is 1. The predicted octanol–water partition coefficient (Wildman–Crippen LogP) is 2.20. The van der Waals surface area contributed by atoms with Crippen molar-refractivity contribution in [2.24, 2.45) is 11.8 Å². The summed E-state index contributed by atoms with van der Waals surface area (Å²) in [5, 5.41) is 7.27. The van der Waals surface area contributed by atoms with Crippen LogP contribution in [0.25, 0.3) is 0 Å². The van der Waals surface area contributed by atoms with Gasteiger partial charge in [0, 0.05) is 24.9 Å². The van der Waals surface area contributed by atoms with Gasteiger partial charge < -0.3 is 5.32 Å². The molecule has 1 heterocycles. The molecule has 1 amide bonds. The Hall–Kier alpha value is -2.10. The number of nitrogens with one attached hydrogen (secondary N) is 1.